The van der Waals surface area contributed by atoms with Crippen LogP contribution in [0.2, 0.25) is 0 Å². The third-order valence-corrected chi connectivity index (χ3v) is 2.83. The summed E-state index contributed by atoms with van der Waals surface area (Å²) in [5.41, 5.74) is 2.00. The second-order valence-electron chi connectivity index (χ2n) is 3.85. The summed E-state index contributed by atoms with van der Waals surface area (Å²) in [6.45, 7) is 5.65. The average molecular weight is 299 g/mol. The smallest absolute Gasteiger partial charge is 0.144 e. The fourth-order valence-corrected chi connectivity index (χ4v) is 1.94. The van der Waals surface area contributed by atoms with E-state index in [0.29, 0.717) is 0 Å². The van der Waals surface area contributed by atoms with Crippen LogP contribution in [0.5, 0.6) is 0 Å². The molecule has 0 bridgehead atoms. The van der Waals surface area contributed by atoms with Gasteiger partial charge in [0, 0.05) is 0 Å². The minimum Gasteiger partial charge on any atom is -0.513 e. The van der Waals surface area contributed by atoms with E-state index in [2.05, 4.69) is 22.9 Å². The van der Waals surface area contributed by atoms with Gasteiger partial charge in [-0.2, -0.15) is 0 Å². The van der Waals surface area contributed by atoms with Gasteiger partial charge in [-0.15, -0.1) is 0 Å². The van der Waals surface area contributed by atoms with E-state index >= 15 is 0 Å². The van der Waals surface area contributed by atoms with Crippen molar-refractivity contribution < 1.29 is 10.2 Å². The van der Waals surface area contributed by atoms with Crippen molar-refractivity contribution in [1.82, 2.24) is 0 Å². The summed E-state index contributed by atoms with van der Waals surface area (Å²) < 4.78 is 0. The summed E-state index contributed by atoms with van der Waals surface area (Å²) in [4.78, 5) is -0.175. The molecule has 17 heavy (non-hydrogen) atoms. The molecule has 0 rings (SSSR count). The van der Waals surface area contributed by atoms with E-state index < -0.39 is 0 Å². The highest BCUT2D eigenvalue weighted by Crippen LogP contribution is 2.14. The number of allylic oxidation sites excluding steroid dienone is 7. The molecule has 4 heteroatoms. The second kappa shape index (κ2) is 8.23. The molecule has 0 aliphatic rings. The molecule has 1 unspecified atom stereocenters. The Morgan fingerprint density at radius 1 is 1.35 bits per heavy atom. The van der Waals surface area contributed by atoms with Gasteiger partial charge in [-0.25, -0.2) is 0 Å². The molecule has 0 spiro atoms. The molecule has 0 aliphatic carbocycles. The number of hydrogen-bond acceptors (Lipinski definition) is 2. The summed E-state index contributed by atoms with van der Waals surface area (Å²) in [5, 5.41) is 19.0. The quantitative estimate of drug-likeness (QED) is 0.353. The zero-order valence-electron chi connectivity index (χ0n) is 10.9. The Balaban J connectivity index is 4.87. The number of alkyl halides is 1. The molecule has 0 fully saturated rings. The number of halogens is 1. The predicted molar refractivity (Wildman–Crippen MR) is 80.5 cm³/mol. The number of aliphatic hydroxyl groups excluding tert-OH is 2. The second-order valence-corrected chi connectivity index (χ2v) is 4.91. The average Bonchev–Trinajstić information content (AvgIpc) is 2.23. The Kier molecular flexibility index (Phi) is 7.80. The Morgan fingerprint density at radius 3 is 2.35 bits per heavy atom. The van der Waals surface area contributed by atoms with Crippen molar-refractivity contribution in [1.29, 1.82) is 0 Å². The van der Waals surface area contributed by atoms with Crippen LogP contribution >= 0.6 is 15.9 Å². The van der Waals surface area contributed by atoms with Gasteiger partial charge in [-0.05, 0) is 37.9 Å². The van der Waals surface area contributed by atoms with E-state index in [1.807, 2.05) is 26.9 Å². The molecule has 0 amide bonds. The van der Waals surface area contributed by atoms with Crippen LogP contribution in [0.3, 0.4) is 0 Å². The zero-order chi connectivity index (χ0) is 13.4. The van der Waals surface area contributed by atoms with Crippen LogP contribution in [0, 0.1) is 0 Å². The highest BCUT2D eigenvalue weighted by atomic mass is 79.9. The summed E-state index contributed by atoms with van der Waals surface area (Å²) in [5.74, 6) is 0.442. The molecule has 0 aromatic carbocycles. The first-order chi connectivity index (χ1) is 7.90. The molecular weight excluding hydrogens is 279 g/mol. The Hall–Kier alpha value is -0.895. The van der Waals surface area contributed by atoms with Crippen molar-refractivity contribution in [3.8, 4) is 0 Å². The van der Waals surface area contributed by atoms with E-state index in [4.69, 9.17) is 5.11 Å². The van der Waals surface area contributed by atoms with E-state index in [1.165, 1.54) is 5.57 Å². The van der Waals surface area contributed by atoms with E-state index in [-0.39, 0.29) is 16.3 Å². The number of hydrogen-bond donors (Lipinski definition) is 2. The lowest BCUT2D eigenvalue weighted by Crippen LogP contribution is -1.96. The first-order valence-electron chi connectivity index (χ1n) is 5.66. The largest absolute Gasteiger partial charge is 0.513 e. The van der Waals surface area contributed by atoms with Crippen LogP contribution in [0.1, 0.15) is 27.2 Å². The van der Waals surface area contributed by atoms with Gasteiger partial charge in [0.2, 0.25) is 0 Å². The van der Waals surface area contributed by atoms with Gasteiger partial charge >= 0.3 is 0 Å². The van der Waals surface area contributed by atoms with Crippen molar-refractivity contribution in [3.63, 3.8) is 0 Å². The molecule has 94 valence electrons. The highest BCUT2D eigenvalue weighted by Gasteiger charge is 2.02. The third kappa shape index (κ3) is 7.11. The predicted octanol–water partition coefficient (Wildman–Crippen LogP) is 3.53. The molecule has 0 aromatic rings. The van der Waals surface area contributed by atoms with Gasteiger partial charge in [0.1, 0.15) is 13.6 Å². The van der Waals surface area contributed by atoms with Gasteiger partial charge < -0.3 is 10.2 Å². The Labute approximate surface area is 113 Å². The first-order valence-corrected chi connectivity index (χ1v) is 6.58. The summed E-state index contributed by atoms with van der Waals surface area (Å²) in [6.07, 6.45) is 8.18. The fourth-order valence-electron chi connectivity index (χ4n) is 1.30. The first kappa shape index (κ1) is 16.1. The summed E-state index contributed by atoms with van der Waals surface area (Å²) in [7, 11) is 1.86. The molecule has 1 atom stereocenters. The van der Waals surface area contributed by atoms with Crippen LogP contribution in [0.15, 0.2) is 46.9 Å². The molecule has 0 saturated heterocycles. The normalized spacial score (nSPS) is 17.2. The molecule has 2 N–H and O–H groups in total. The topological polar surface area (TPSA) is 40.5 Å². The van der Waals surface area contributed by atoms with Crippen molar-refractivity contribution in [2.45, 2.75) is 32.0 Å². The minimum atomic E-state index is -0.175. The number of rotatable bonds is 5. The highest BCUT2D eigenvalue weighted by molar-refractivity contribution is 9.09. The van der Waals surface area contributed by atoms with Gasteiger partial charge in [-0.1, -0.05) is 40.6 Å². The molecule has 0 radical (unpaired) electrons. The molecule has 0 saturated carbocycles. The van der Waals surface area contributed by atoms with Crippen LogP contribution < -0.4 is 0 Å². The standard InChI is InChI=1S/C13H20BBrO2/c1-4-10(5-2)7-12(14)13(17)8-11(15)6-9(3)16/h4,6-8,11,16-17H,5,14H2,1-3H3/b9-6?,10-4+,12-7-,13-8+. The lowest BCUT2D eigenvalue weighted by atomic mass is 9.90. The maximum absolute atomic E-state index is 9.87. The van der Waals surface area contributed by atoms with Crippen molar-refractivity contribution in [3.05, 3.63) is 46.9 Å². The molecule has 2 nitrogen and oxygen atoms in total. The van der Waals surface area contributed by atoms with Crippen molar-refractivity contribution in [2.24, 2.45) is 0 Å². The Bertz CT molecular complexity index is 364. The van der Waals surface area contributed by atoms with Crippen LogP contribution in [-0.4, -0.2) is 22.9 Å². The van der Waals surface area contributed by atoms with Crippen LogP contribution in [-0.2, 0) is 0 Å². The van der Waals surface area contributed by atoms with E-state index in [1.54, 1.807) is 19.1 Å². The van der Waals surface area contributed by atoms with Crippen LogP contribution in [0.4, 0.5) is 0 Å². The Morgan fingerprint density at radius 2 is 1.94 bits per heavy atom. The van der Waals surface area contributed by atoms with E-state index in [9.17, 15) is 5.11 Å². The van der Waals surface area contributed by atoms with Gasteiger partial charge in [-0.3, -0.25) is 0 Å². The lowest BCUT2D eigenvalue weighted by Gasteiger charge is -2.04. The number of aliphatic hydroxyl groups is 2. The molecular formula is C13H20BBrO2. The van der Waals surface area contributed by atoms with Gasteiger partial charge in [0.15, 0.2) is 0 Å². The zero-order valence-corrected chi connectivity index (χ0v) is 12.5. The summed E-state index contributed by atoms with van der Waals surface area (Å²) >= 11 is 3.33. The molecule has 0 aliphatic heterocycles. The molecule has 0 heterocycles. The van der Waals surface area contributed by atoms with Crippen LogP contribution in [0.25, 0.3) is 0 Å². The summed E-state index contributed by atoms with van der Waals surface area (Å²) in [6, 6.07) is 0. The van der Waals surface area contributed by atoms with Crippen molar-refractivity contribution in [2.75, 3.05) is 0 Å². The third-order valence-electron chi connectivity index (χ3n) is 2.30. The lowest BCUT2D eigenvalue weighted by molar-refractivity contribution is 0.411. The van der Waals surface area contributed by atoms with Crippen molar-refractivity contribution >= 4 is 23.8 Å². The monoisotopic (exact) mass is 298 g/mol. The molecule has 0 aromatic heterocycles. The maximum Gasteiger partial charge on any atom is 0.144 e. The van der Waals surface area contributed by atoms with Gasteiger partial charge in [0.25, 0.3) is 0 Å². The SMILES string of the molecule is BC(=C\C(=C\C)CC)/C(O)=C\C(Br)C=C(C)O. The fraction of sp³-hybridized carbons (Fsp3) is 0.385. The van der Waals surface area contributed by atoms with E-state index in [0.717, 1.165) is 11.9 Å². The van der Waals surface area contributed by atoms with Gasteiger partial charge in [0.05, 0.1) is 10.6 Å². The maximum atomic E-state index is 9.87. The minimum absolute atomic E-state index is 0.175.